The molecule has 0 amide bonds. The Morgan fingerprint density at radius 2 is 1.50 bits per heavy atom. The van der Waals surface area contributed by atoms with E-state index in [2.05, 4.69) is 0 Å². The van der Waals surface area contributed by atoms with Crippen LogP contribution in [0.25, 0.3) is 12.2 Å². The molecule has 0 spiro atoms. The molecule has 0 fully saturated rings. The van der Waals surface area contributed by atoms with Crippen molar-refractivity contribution in [3.63, 3.8) is 0 Å². The number of aliphatic hydroxyl groups excluding tert-OH is 1. The van der Waals surface area contributed by atoms with Crippen molar-refractivity contribution in [1.82, 2.24) is 0 Å². The molecule has 2 N–H and O–H groups in total. The third kappa shape index (κ3) is 4.09. The number of alkyl halides is 1. The minimum atomic E-state index is -0.588. The predicted molar refractivity (Wildman–Crippen MR) is 88.7 cm³/mol. The summed E-state index contributed by atoms with van der Waals surface area (Å²) in [6.07, 6.45) is 3.92. The SMILES string of the molecule is CN(c1ccc(C=Cc2ccc(O)cc2)cc1)C(CO)CF. The van der Waals surface area contributed by atoms with Gasteiger partial charge in [0.2, 0.25) is 0 Å². The van der Waals surface area contributed by atoms with E-state index in [1.807, 2.05) is 48.6 Å². The predicted octanol–water partition coefficient (Wildman–Crippen LogP) is 3.33. The van der Waals surface area contributed by atoms with Crippen molar-refractivity contribution in [3.05, 3.63) is 59.7 Å². The molecular formula is C18H20FNO2. The monoisotopic (exact) mass is 301 g/mol. The highest BCUT2D eigenvalue weighted by molar-refractivity contribution is 5.70. The number of nitrogens with zero attached hydrogens (tertiary/aromatic N) is 1. The summed E-state index contributed by atoms with van der Waals surface area (Å²) < 4.78 is 12.8. The van der Waals surface area contributed by atoms with Crippen LogP contribution in [0.5, 0.6) is 5.75 Å². The molecule has 0 aliphatic carbocycles. The van der Waals surface area contributed by atoms with E-state index in [4.69, 9.17) is 5.11 Å². The van der Waals surface area contributed by atoms with Gasteiger partial charge in [0.05, 0.1) is 12.6 Å². The smallest absolute Gasteiger partial charge is 0.115 e. The molecule has 0 saturated carbocycles. The fraction of sp³-hybridized carbons (Fsp3) is 0.222. The first-order valence-electron chi connectivity index (χ1n) is 7.11. The van der Waals surface area contributed by atoms with Gasteiger partial charge in [-0.05, 0) is 35.4 Å². The molecule has 0 saturated heterocycles. The summed E-state index contributed by atoms with van der Waals surface area (Å²) in [4.78, 5) is 1.73. The van der Waals surface area contributed by atoms with Gasteiger partial charge >= 0.3 is 0 Å². The highest BCUT2D eigenvalue weighted by Gasteiger charge is 2.13. The van der Waals surface area contributed by atoms with Gasteiger partial charge in [-0.3, -0.25) is 0 Å². The number of phenols is 1. The normalized spacial score (nSPS) is 12.5. The van der Waals surface area contributed by atoms with Crippen LogP contribution in [0.15, 0.2) is 48.5 Å². The molecular weight excluding hydrogens is 281 g/mol. The van der Waals surface area contributed by atoms with Gasteiger partial charge in [-0.2, -0.15) is 0 Å². The van der Waals surface area contributed by atoms with Crippen LogP contribution in [0.3, 0.4) is 0 Å². The molecule has 0 radical (unpaired) electrons. The van der Waals surface area contributed by atoms with Gasteiger partial charge in [0, 0.05) is 12.7 Å². The molecule has 0 aliphatic rings. The van der Waals surface area contributed by atoms with Crippen molar-refractivity contribution >= 4 is 17.8 Å². The maximum absolute atomic E-state index is 12.8. The van der Waals surface area contributed by atoms with Crippen molar-refractivity contribution in [2.45, 2.75) is 6.04 Å². The van der Waals surface area contributed by atoms with Gasteiger partial charge in [-0.25, -0.2) is 4.39 Å². The van der Waals surface area contributed by atoms with E-state index in [1.54, 1.807) is 24.1 Å². The molecule has 2 aromatic carbocycles. The van der Waals surface area contributed by atoms with E-state index in [9.17, 15) is 9.50 Å². The topological polar surface area (TPSA) is 43.7 Å². The third-order valence-corrected chi connectivity index (χ3v) is 3.60. The molecule has 0 heterocycles. The summed E-state index contributed by atoms with van der Waals surface area (Å²) in [5, 5.41) is 18.4. The van der Waals surface area contributed by atoms with Crippen molar-refractivity contribution in [2.24, 2.45) is 0 Å². The number of halogens is 1. The number of aromatic hydroxyl groups is 1. The first-order valence-corrected chi connectivity index (χ1v) is 7.11. The zero-order chi connectivity index (χ0) is 15.9. The number of benzene rings is 2. The lowest BCUT2D eigenvalue weighted by molar-refractivity contribution is 0.238. The molecule has 0 bridgehead atoms. The molecule has 2 rings (SSSR count). The molecule has 1 unspecified atom stereocenters. The van der Waals surface area contributed by atoms with Crippen LogP contribution in [-0.4, -0.2) is 36.6 Å². The summed E-state index contributed by atoms with van der Waals surface area (Å²) >= 11 is 0. The number of likely N-dealkylation sites (N-methyl/N-ethyl adjacent to an activating group) is 1. The third-order valence-electron chi connectivity index (χ3n) is 3.60. The fourth-order valence-corrected chi connectivity index (χ4v) is 2.08. The van der Waals surface area contributed by atoms with Gasteiger partial charge in [-0.15, -0.1) is 0 Å². The second-order valence-corrected chi connectivity index (χ2v) is 5.12. The van der Waals surface area contributed by atoms with Crippen LogP contribution >= 0.6 is 0 Å². The largest absolute Gasteiger partial charge is 0.508 e. The Morgan fingerprint density at radius 3 is 1.95 bits per heavy atom. The Kier molecular flexibility index (Phi) is 5.55. The Labute approximate surface area is 130 Å². The molecule has 2 aromatic rings. The quantitative estimate of drug-likeness (QED) is 0.804. The summed E-state index contributed by atoms with van der Waals surface area (Å²) in [6.45, 7) is -0.801. The van der Waals surface area contributed by atoms with Crippen molar-refractivity contribution < 1.29 is 14.6 Å². The Balaban J connectivity index is 2.07. The minimum Gasteiger partial charge on any atom is -0.508 e. The highest BCUT2D eigenvalue weighted by atomic mass is 19.1. The number of rotatable bonds is 6. The maximum atomic E-state index is 12.8. The Bertz CT molecular complexity index is 604. The van der Waals surface area contributed by atoms with Crippen molar-refractivity contribution in [1.29, 1.82) is 0 Å². The highest BCUT2D eigenvalue weighted by Crippen LogP contribution is 2.18. The number of aliphatic hydroxyl groups is 1. The van der Waals surface area contributed by atoms with Crippen LogP contribution in [0.2, 0.25) is 0 Å². The van der Waals surface area contributed by atoms with Crippen LogP contribution in [-0.2, 0) is 0 Å². The summed E-state index contributed by atoms with van der Waals surface area (Å²) in [5.74, 6) is 0.246. The van der Waals surface area contributed by atoms with Crippen molar-refractivity contribution in [2.75, 3.05) is 25.2 Å². The molecule has 0 aliphatic heterocycles. The lowest BCUT2D eigenvalue weighted by Gasteiger charge is -2.26. The second kappa shape index (κ2) is 7.61. The number of hydrogen-bond donors (Lipinski definition) is 2. The first kappa shape index (κ1) is 16.0. The zero-order valence-corrected chi connectivity index (χ0v) is 12.5. The van der Waals surface area contributed by atoms with E-state index in [-0.39, 0.29) is 12.4 Å². The van der Waals surface area contributed by atoms with Crippen LogP contribution in [0, 0.1) is 0 Å². The maximum Gasteiger partial charge on any atom is 0.115 e. The second-order valence-electron chi connectivity index (χ2n) is 5.12. The van der Waals surface area contributed by atoms with E-state index >= 15 is 0 Å². The van der Waals surface area contributed by atoms with Gasteiger partial charge < -0.3 is 15.1 Å². The van der Waals surface area contributed by atoms with Gasteiger partial charge in [0.1, 0.15) is 12.4 Å². The molecule has 0 aromatic heterocycles. The zero-order valence-electron chi connectivity index (χ0n) is 12.5. The van der Waals surface area contributed by atoms with E-state index in [0.717, 1.165) is 16.8 Å². The molecule has 22 heavy (non-hydrogen) atoms. The first-order chi connectivity index (χ1) is 10.6. The molecule has 116 valence electrons. The minimum absolute atomic E-state index is 0.213. The number of hydrogen-bond acceptors (Lipinski definition) is 3. The number of anilines is 1. The average Bonchev–Trinajstić information content (AvgIpc) is 2.56. The van der Waals surface area contributed by atoms with Gasteiger partial charge in [0.15, 0.2) is 0 Å². The van der Waals surface area contributed by atoms with E-state index < -0.39 is 12.7 Å². The lowest BCUT2D eigenvalue weighted by Crippen LogP contribution is -2.36. The van der Waals surface area contributed by atoms with E-state index in [0.29, 0.717) is 0 Å². The summed E-state index contributed by atoms with van der Waals surface area (Å²) in [7, 11) is 1.77. The van der Waals surface area contributed by atoms with Gasteiger partial charge in [-0.1, -0.05) is 36.4 Å². The molecule has 4 heteroatoms. The van der Waals surface area contributed by atoms with Crippen LogP contribution < -0.4 is 4.90 Å². The van der Waals surface area contributed by atoms with Crippen LogP contribution in [0.1, 0.15) is 11.1 Å². The van der Waals surface area contributed by atoms with Crippen LogP contribution in [0.4, 0.5) is 10.1 Å². The Hall–Kier alpha value is -2.33. The standard InChI is InChI=1S/C18H20FNO2/c1-20(17(12-19)13-21)16-8-4-14(5-9-16)2-3-15-6-10-18(22)11-7-15/h2-11,17,21-22H,12-13H2,1H3. The van der Waals surface area contributed by atoms with E-state index in [1.165, 1.54) is 0 Å². The van der Waals surface area contributed by atoms with Crippen molar-refractivity contribution in [3.8, 4) is 5.75 Å². The molecule has 1 atom stereocenters. The Morgan fingerprint density at radius 1 is 1.00 bits per heavy atom. The average molecular weight is 301 g/mol. The fourth-order valence-electron chi connectivity index (χ4n) is 2.08. The summed E-state index contributed by atoms with van der Waals surface area (Å²) in [6, 6.07) is 14.1. The number of phenolic OH excluding ortho intramolecular Hbond substituents is 1. The van der Waals surface area contributed by atoms with Gasteiger partial charge in [0.25, 0.3) is 0 Å². The lowest BCUT2D eigenvalue weighted by atomic mass is 10.1. The summed E-state index contributed by atoms with van der Waals surface area (Å²) in [5.41, 5.74) is 2.88. The molecule has 3 nitrogen and oxygen atoms in total.